The van der Waals surface area contributed by atoms with Crippen molar-refractivity contribution in [2.45, 2.75) is 22.3 Å². The number of rotatable bonds is 2. The third kappa shape index (κ3) is 2.76. The third-order valence-electron chi connectivity index (χ3n) is 2.21. The number of hydrogen-bond donors (Lipinski definition) is 0. The first-order valence-electron chi connectivity index (χ1n) is 4.94. The lowest BCUT2D eigenvalue weighted by atomic mass is 10.2. The van der Waals surface area contributed by atoms with Crippen LogP contribution in [-0.2, 0) is 16.0 Å². The second-order valence-electron chi connectivity index (χ2n) is 3.69. The zero-order chi connectivity index (χ0) is 14.3. The molecule has 0 amide bonds. The van der Waals surface area contributed by atoms with Gasteiger partial charge in [0, 0.05) is 0 Å². The monoisotopic (exact) mass is 308 g/mol. The summed E-state index contributed by atoms with van der Waals surface area (Å²) in [6, 6.07) is 5.75. The molecule has 0 aliphatic rings. The number of sulfone groups is 1. The molecule has 9 heteroatoms. The van der Waals surface area contributed by atoms with Gasteiger partial charge in [-0.05, 0) is 19.1 Å². The normalized spacial score (nSPS) is 12.6. The Morgan fingerprint density at radius 2 is 1.68 bits per heavy atom. The van der Waals surface area contributed by atoms with Crippen molar-refractivity contribution in [3.8, 4) is 0 Å². The highest BCUT2D eigenvalue weighted by Crippen LogP contribution is 2.34. The number of aryl methyl sites for hydroxylation is 1. The Hall–Kier alpha value is -1.48. The Balaban J connectivity index is 2.46. The topological polar surface area (TPSA) is 59.9 Å². The first kappa shape index (κ1) is 13.9. The molecular weight excluding hydrogens is 301 g/mol. The van der Waals surface area contributed by atoms with E-state index >= 15 is 0 Å². The maximum Gasteiger partial charge on any atom is 0.445 e. The summed E-state index contributed by atoms with van der Waals surface area (Å²) >= 11 is 0.0106. The Morgan fingerprint density at radius 1 is 1.11 bits per heavy atom. The van der Waals surface area contributed by atoms with Crippen LogP contribution in [0.25, 0.3) is 0 Å². The molecule has 0 radical (unpaired) electrons. The predicted octanol–water partition coefficient (Wildman–Crippen LogP) is 2.70. The minimum absolute atomic E-state index is 0.0106. The van der Waals surface area contributed by atoms with Crippen molar-refractivity contribution in [1.29, 1.82) is 0 Å². The van der Waals surface area contributed by atoms with Gasteiger partial charge < -0.3 is 0 Å². The molecule has 4 nitrogen and oxygen atoms in total. The third-order valence-corrected chi connectivity index (χ3v) is 5.32. The molecule has 0 spiro atoms. The molecule has 0 unspecified atom stereocenters. The summed E-state index contributed by atoms with van der Waals surface area (Å²) in [5.74, 6) is 0. The van der Waals surface area contributed by atoms with Gasteiger partial charge in [0.15, 0.2) is 0 Å². The van der Waals surface area contributed by atoms with Crippen molar-refractivity contribution in [2.24, 2.45) is 0 Å². The maximum atomic E-state index is 12.4. The number of aromatic nitrogens is 2. The van der Waals surface area contributed by atoms with Crippen LogP contribution in [0.1, 0.15) is 10.6 Å². The van der Waals surface area contributed by atoms with E-state index in [-0.39, 0.29) is 16.2 Å². The lowest BCUT2D eigenvalue weighted by Gasteiger charge is -2.00. The molecule has 1 aromatic carbocycles. The Labute approximate surface area is 110 Å². The summed E-state index contributed by atoms with van der Waals surface area (Å²) < 4.78 is 60.5. The number of alkyl halides is 3. The highest BCUT2D eigenvalue weighted by molar-refractivity contribution is 7.93. The van der Waals surface area contributed by atoms with Crippen molar-refractivity contribution in [1.82, 2.24) is 10.2 Å². The molecule has 0 bridgehead atoms. The number of benzene rings is 1. The van der Waals surface area contributed by atoms with E-state index in [9.17, 15) is 21.6 Å². The van der Waals surface area contributed by atoms with E-state index in [1.807, 2.05) is 0 Å². The van der Waals surface area contributed by atoms with E-state index in [2.05, 4.69) is 10.2 Å². The zero-order valence-corrected chi connectivity index (χ0v) is 11.1. The molecule has 1 heterocycles. The average molecular weight is 308 g/mol. The van der Waals surface area contributed by atoms with Gasteiger partial charge in [-0.25, -0.2) is 8.42 Å². The minimum atomic E-state index is -4.70. The fraction of sp³-hybridized carbons (Fsp3) is 0.200. The van der Waals surface area contributed by atoms with Gasteiger partial charge in [0.1, 0.15) is 0 Å². The van der Waals surface area contributed by atoms with Gasteiger partial charge in [-0.15, -0.1) is 10.2 Å². The van der Waals surface area contributed by atoms with Crippen molar-refractivity contribution >= 4 is 21.2 Å². The van der Waals surface area contributed by atoms with Crippen LogP contribution >= 0.6 is 11.3 Å². The van der Waals surface area contributed by atoms with Gasteiger partial charge in [-0.1, -0.05) is 29.0 Å². The quantitative estimate of drug-likeness (QED) is 0.856. The Morgan fingerprint density at radius 3 is 2.16 bits per heavy atom. The van der Waals surface area contributed by atoms with Crippen molar-refractivity contribution in [3.05, 3.63) is 34.8 Å². The van der Waals surface area contributed by atoms with Crippen LogP contribution in [0.3, 0.4) is 0 Å². The molecule has 1 aromatic heterocycles. The minimum Gasteiger partial charge on any atom is -0.216 e. The van der Waals surface area contributed by atoms with E-state index in [0.29, 0.717) is 0 Å². The molecule has 19 heavy (non-hydrogen) atoms. The average Bonchev–Trinajstić information content (AvgIpc) is 2.79. The van der Waals surface area contributed by atoms with Crippen LogP contribution in [0.2, 0.25) is 0 Å². The van der Waals surface area contributed by atoms with Crippen LogP contribution < -0.4 is 0 Å². The molecule has 0 N–H and O–H groups in total. The largest absolute Gasteiger partial charge is 0.445 e. The van der Waals surface area contributed by atoms with Crippen LogP contribution in [0.15, 0.2) is 33.5 Å². The van der Waals surface area contributed by atoms with Gasteiger partial charge in [0.2, 0.25) is 19.2 Å². The standard InChI is InChI=1S/C10H7F3N2O2S2/c1-6-2-4-7(5-3-6)19(16,17)9-15-14-8(18-9)10(11,12)13/h2-5H,1H3. The summed E-state index contributed by atoms with van der Waals surface area (Å²) in [5, 5.41) is 4.70. The first-order valence-corrected chi connectivity index (χ1v) is 7.24. The number of nitrogens with zero attached hydrogens (tertiary/aromatic N) is 2. The zero-order valence-electron chi connectivity index (χ0n) is 9.47. The molecule has 0 aliphatic carbocycles. The Kier molecular flexibility index (Phi) is 3.35. The summed E-state index contributed by atoms with van der Waals surface area (Å²) in [5.41, 5.74) is 0.840. The summed E-state index contributed by atoms with van der Waals surface area (Å²) in [4.78, 5) is -0.108. The molecule has 102 valence electrons. The molecule has 0 atom stereocenters. The molecule has 0 fully saturated rings. The van der Waals surface area contributed by atoms with Gasteiger partial charge >= 0.3 is 6.18 Å². The van der Waals surface area contributed by atoms with Crippen molar-refractivity contribution in [2.75, 3.05) is 0 Å². The highest BCUT2D eigenvalue weighted by atomic mass is 32.2. The van der Waals surface area contributed by atoms with Crippen LogP contribution in [0.5, 0.6) is 0 Å². The van der Waals surface area contributed by atoms with Crippen LogP contribution in [0.4, 0.5) is 13.2 Å². The lowest BCUT2D eigenvalue weighted by Crippen LogP contribution is -2.03. The summed E-state index contributed by atoms with van der Waals surface area (Å²) in [7, 11) is -4.05. The highest BCUT2D eigenvalue weighted by Gasteiger charge is 2.37. The van der Waals surface area contributed by atoms with Crippen molar-refractivity contribution < 1.29 is 21.6 Å². The van der Waals surface area contributed by atoms with Gasteiger partial charge in [-0.3, -0.25) is 0 Å². The lowest BCUT2D eigenvalue weighted by molar-refractivity contribution is -0.138. The second kappa shape index (κ2) is 4.57. The van der Waals surface area contributed by atoms with Gasteiger partial charge in [0.05, 0.1) is 4.90 Å². The predicted molar refractivity (Wildman–Crippen MR) is 61.5 cm³/mol. The van der Waals surface area contributed by atoms with E-state index < -0.39 is 25.4 Å². The second-order valence-corrected chi connectivity index (χ2v) is 6.79. The SMILES string of the molecule is Cc1ccc(S(=O)(=O)c2nnc(C(F)(F)F)s2)cc1. The van der Waals surface area contributed by atoms with E-state index in [4.69, 9.17) is 0 Å². The molecule has 0 saturated carbocycles. The molecule has 2 aromatic rings. The van der Waals surface area contributed by atoms with Crippen molar-refractivity contribution in [3.63, 3.8) is 0 Å². The fourth-order valence-electron chi connectivity index (χ4n) is 1.25. The number of hydrogen-bond acceptors (Lipinski definition) is 5. The molecule has 2 rings (SSSR count). The van der Waals surface area contributed by atoms with Crippen LogP contribution in [-0.4, -0.2) is 18.6 Å². The maximum absolute atomic E-state index is 12.4. The molecule has 0 aliphatic heterocycles. The molecular formula is C10H7F3N2O2S2. The van der Waals surface area contributed by atoms with Crippen LogP contribution in [0, 0.1) is 6.92 Å². The first-order chi connectivity index (χ1) is 8.71. The van der Waals surface area contributed by atoms with E-state index in [1.54, 1.807) is 19.1 Å². The summed E-state index contributed by atoms with van der Waals surface area (Å²) in [6.45, 7) is 1.77. The summed E-state index contributed by atoms with van der Waals surface area (Å²) in [6.07, 6.45) is -4.70. The van der Waals surface area contributed by atoms with E-state index in [1.165, 1.54) is 12.1 Å². The van der Waals surface area contributed by atoms with E-state index in [0.717, 1.165) is 5.56 Å². The Bertz CT molecular complexity index is 690. The smallest absolute Gasteiger partial charge is 0.216 e. The molecule has 0 saturated heterocycles. The fourth-order valence-corrected chi connectivity index (χ4v) is 3.50. The van der Waals surface area contributed by atoms with Gasteiger partial charge in [-0.2, -0.15) is 13.2 Å². The number of halogens is 3. The van der Waals surface area contributed by atoms with Gasteiger partial charge in [0.25, 0.3) is 0 Å².